The lowest BCUT2D eigenvalue weighted by Gasteiger charge is -2.32. The smallest absolute Gasteiger partial charge is 0.257 e. The number of benzene rings is 2. The molecular weight excluding hydrogens is 408 g/mol. The second-order valence-corrected chi connectivity index (χ2v) is 8.56. The van der Waals surface area contributed by atoms with E-state index in [2.05, 4.69) is 0 Å². The molecule has 1 aliphatic heterocycles. The second kappa shape index (κ2) is 9.69. The fourth-order valence-corrected chi connectivity index (χ4v) is 4.98. The molecule has 172 valence electrons. The Balaban J connectivity index is 1.70. The number of fused-ring (bicyclic) bond motifs is 2. The van der Waals surface area contributed by atoms with Gasteiger partial charge in [-0.1, -0.05) is 12.1 Å². The van der Waals surface area contributed by atoms with Crippen molar-refractivity contribution in [1.29, 1.82) is 0 Å². The van der Waals surface area contributed by atoms with Gasteiger partial charge in [-0.3, -0.25) is 4.79 Å². The molecule has 2 fully saturated rings. The van der Waals surface area contributed by atoms with Gasteiger partial charge in [0.05, 0.1) is 26.9 Å². The minimum Gasteiger partial charge on any atom is -0.492 e. The maximum atomic E-state index is 13.6. The number of rotatable bonds is 8. The molecule has 7 heteroatoms. The van der Waals surface area contributed by atoms with Crippen LogP contribution < -0.4 is 24.7 Å². The third-order valence-electron chi connectivity index (χ3n) is 6.48. The number of piperidine rings is 1. The Morgan fingerprint density at radius 3 is 2.16 bits per heavy atom. The van der Waals surface area contributed by atoms with Crippen LogP contribution in [0.1, 0.15) is 35.2 Å². The number of ether oxygens (including phenoxy) is 4. The molecule has 0 radical (unpaired) electrons. The molecule has 0 unspecified atom stereocenters. The first-order valence-electron chi connectivity index (χ1n) is 11.2. The lowest BCUT2D eigenvalue weighted by molar-refractivity contribution is 0.0657. The summed E-state index contributed by atoms with van der Waals surface area (Å²) >= 11 is 0. The number of carbonyl (C=O) groups is 1. The normalized spacial score (nSPS) is 19.6. The van der Waals surface area contributed by atoms with E-state index in [1.54, 1.807) is 13.2 Å². The number of carbonyl (C=O) groups excluding carboxylic acids is 1. The Bertz CT molecular complexity index is 948. The van der Waals surface area contributed by atoms with Gasteiger partial charge in [0.25, 0.3) is 5.91 Å². The SMILES string of the molecule is COc1c(Oc2ccc(CCN)cc2)cc(C(=O)N2C[C@@H]3CC[C@@H](C3)C2)c(OC)c1OC. The number of amides is 1. The monoisotopic (exact) mass is 440 g/mol. The van der Waals surface area contributed by atoms with Crippen molar-refractivity contribution in [3.8, 4) is 28.7 Å². The predicted octanol–water partition coefficient (Wildman–Crippen LogP) is 3.88. The van der Waals surface area contributed by atoms with Crippen LogP contribution in [0.4, 0.5) is 0 Å². The third-order valence-corrected chi connectivity index (χ3v) is 6.48. The zero-order chi connectivity index (χ0) is 22.7. The van der Waals surface area contributed by atoms with Crippen molar-refractivity contribution >= 4 is 5.91 Å². The Hall–Kier alpha value is -2.93. The van der Waals surface area contributed by atoms with Crippen LogP contribution in [0.15, 0.2) is 30.3 Å². The molecule has 7 nitrogen and oxygen atoms in total. The summed E-state index contributed by atoms with van der Waals surface area (Å²) in [5.74, 6) is 3.23. The molecule has 2 aliphatic rings. The Kier molecular flexibility index (Phi) is 6.74. The average Bonchev–Trinajstić information content (AvgIpc) is 3.16. The van der Waals surface area contributed by atoms with Crippen LogP contribution in [0.3, 0.4) is 0 Å². The molecule has 1 aliphatic carbocycles. The largest absolute Gasteiger partial charge is 0.492 e. The first kappa shape index (κ1) is 22.3. The standard InChI is InChI=1S/C25H32N2O5/c1-29-22-20(25(28)27-14-17-4-5-18(12-17)15-27)13-21(23(30-2)24(22)31-3)32-19-8-6-16(7-9-19)10-11-26/h6-9,13,17-18H,4-5,10-12,14-15,26H2,1-3H3/t17-,18+. The van der Waals surface area contributed by atoms with Crippen molar-refractivity contribution in [1.82, 2.24) is 4.90 Å². The molecule has 2 bridgehead atoms. The predicted molar refractivity (Wildman–Crippen MR) is 122 cm³/mol. The van der Waals surface area contributed by atoms with Crippen molar-refractivity contribution in [3.63, 3.8) is 0 Å². The van der Waals surface area contributed by atoms with Crippen LogP contribution in [0.2, 0.25) is 0 Å². The lowest BCUT2D eigenvalue weighted by Crippen LogP contribution is -2.40. The highest BCUT2D eigenvalue weighted by Gasteiger charge is 2.37. The van der Waals surface area contributed by atoms with E-state index >= 15 is 0 Å². The van der Waals surface area contributed by atoms with Gasteiger partial charge in [0.1, 0.15) is 5.75 Å². The summed E-state index contributed by atoms with van der Waals surface area (Å²) in [6.45, 7) is 2.16. The zero-order valence-corrected chi connectivity index (χ0v) is 19.1. The van der Waals surface area contributed by atoms with Crippen molar-refractivity contribution in [3.05, 3.63) is 41.5 Å². The molecule has 2 aromatic rings. The molecule has 1 amide bonds. The summed E-state index contributed by atoms with van der Waals surface area (Å²) in [4.78, 5) is 15.5. The summed E-state index contributed by atoms with van der Waals surface area (Å²) in [5.41, 5.74) is 7.19. The van der Waals surface area contributed by atoms with Crippen molar-refractivity contribution in [2.45, 2.75) is 25.7 Å². The van der Waals surface area contributed by atoms with Gasteiger partial charge in [-0.05, 0) is 61.8 Å². The Labute approximate surface area is 189 Å². The zero-order valence-electron chi connectivity index (χ0n) is 19.1. The summed E-state index contributed by atoms with van der Waals surface area (Å²) < 4.78 is 23.0. The third kappa shape index (κ3) is 4.35. The Morgan fingerprint density at radius 1 is 0.969 bits per heavy atom. The fourth-order valence-electron chi connectivity index (χ4n) is 4.98. The highest BCUT2D eigenvalue weighted by atomic mass is 16.5. The minimum absolute atomic E-state index is 0.0671. The average molecular weight is 441 g/mol. The van der Waals surface area contributed by atoms with Crippen LogP contribution in [-0.4, -0.2) is 51.8 Å². The van der Waals surface area contributed by atoms with E-state index in [1.165, 1.54) is 33.5 Å². The van der Waals surface area contributed by atoms with Crippen LogP contribution in [-0.2, 0) is 6.42 Å². The molecule has 0 spiro atoms. The molecule has 32 heavy (non-hydrogen) atoms. The molecule has 0 aromatic heterocycles. The molecule has 2 N–H and O–H groups in total. The highest BCUT2D eigenvalue weighted by Crippen LogP contribution is 2.48. The van der Waals surface area contributed by atoms with Crippen LogP contribution >= 0.6 is 0 Å². The molecular formula is C25H32N2O5. The van der Waals surface area contributed by atoms with Gasteiger partial charge in [0.15, 0.2) is 11.5 Å². The topological polar surface area (TPSA) is 83.3 Å². The van der Waals surface area contributed by atoms with Crippen LogP contribution in [0.5, 0.6) is 28.7 Å². The molecule has 4 rings (SSSR count). The van der Waals surface area contributed by atoms with E-state index in [-0.39, 0.29) is 5.91 Å². The van der Waals surface area contributed by atoms with Crippen LogP contribution in [0, 0.1) is 11.8 Å². The lowest BCUT2D eigenvalue weighted by atomic mass is 9.98. The van der Waals surface area contributed by atoms with Gasteiger partial charge >= 0.3 is 0 Å². The summed E-state index contributed by atoms with van der Waals surface area (Å²) in [6.07, 6.45) is 4.43. The maximum absolute atomic E-state index is 13.6. The molecule has 2 atom stereocenters. The van der Waals surface area contributed by atoms with E-state index < -0.39 is 0 Å². The van der Waals surface area contributed by atoms with Gasteiger partial charge in [0, 0.05) is 19.2 Å². The molecule has 2 aromatic carbocycles. The van der Waals surface area contributed by atoms with Gasteiger partial charge in [0.2, 0.25) is 11.5 Å². The summed E-state index contributed by atoms with van der Waals surface area (Å²) in [6, 6.07) is 9.42. The van der Waals surface area contributed by atoms with E-state index in [4.69, 9.17) is 24.7 Å². The van der Waals surface area contributed by atoms with E-state index in [0.717, 1.165) is 25.1 Å². The molecule has 1 saturated carbocycles. The number of nitrogens with two attached hydrogens (primary N) is 1. The number of hydrogen-bond acceptors (Lipinski definition) is 6. The highest BCUT2D eigenvalue weighted by molar-refractivity contribution is 5.99. The van der Waals surface area contributed by atoms with Gasteiger partial charge < -0.3 is 29.6 Å². The second-order valence-electron chi connectivity index (χ2n) is 8.56. The van der Waals surface area contributed by atoms with E-state index in [0.29, 0.717) is 52.7 Å². The van der Waals surface area contributed by atoms with Crippen LogP contribution in [0.25, 0.3) is 0 Å². The van der Waals surface area contributed by atoms with Gasteiger partial charge in [-0.2, -0.15) is 0 Å². The maximum Gasteiger partial charge on any atom is 0.257 e. The number of methoxy groups -OCH3 is 3. The minimum atomic E-state index is -0.0671. The first-order valence-corrected chi connectivity index (χ1v) is 11.2. The van der Waals surface area contributed by atoms with Crippen molar-refractivity contribution in [2.75, 3.05) is 41.0 Å². The number of likely N-dealkylation sites (tertiary alicyclic amines) is 1. The first-order chi connectivity index (χ1) is 15.6. The molecule has 1 heterocycles. The van der Waals surface area contributed by atoms with Crippen molar-refractivity contribution < 1.29 is 23.7 Å². The fraction of sp³-hybridized carbons (Fsp3) is 0.480. The Morgan fingerprint density at radius 2 is 1.59 bits per heavy atom. The van der Waals surface area contributed by atoms with E-state index in [9.17, 15) is 4.79 Å². The molecule has 1 saturated heterocycles. The quantitative estimate of drug-likeness (QED) is 0.671. The summed E-state index contributed by atoms with van der Waals surface area (Å²) in [5, 5.41) is 0. The van der Waals surface area contributed by atoms with Gasteiger partial charge in [-0.15, -0.1) is 0 Å². The van der Waals surface area contributed by atoms with E-state index in [1.807, 2.05) is 29.2 Å². The van der Waals surface area contributed by atoms with Gasteiger partial charge in [-0.25, -0.2) is 0 Å². The van der Waals surface area contributed by atoms with Crippen molar-refractivity contribution in [2.24, 2.45) is 17.6 Å². The number of hydrogen-bond donors (Lipinski definition) is 1. The summed E-state index contributed by atoms with van der Waals surface area (Å²) in [7, 11) is 4.60. The number of nitrogens with zero attached hydrogens (tertiary/aromatic N) is 1.